The van der Waals surface area contributed by atoms with Crippen LogP contribution in [0.4, 0.5) is 0 Å². The van der Waals surface area contributed by atoms with Gasteiger partial charge in [-0.05, 0) is 24.3 Å². The molecule has 0 spiro atoms. The Morgan fingerprint density at radius 2 is 1.65 bits per heavy atom. The Hall–Kier alpha value is -3.08. The molecule has 0 aliphatic rings. The first-order valence-corrected chi connectivity index (χ1v) is 7.27. The van der Waals surface area contributed by atoms with Gasteiger partial charge in [-0.2, -0.15) is 0 Å². The number of benzene rings is 2. The molecule has 4 rings (SSSR count). The smallest absolute Gasteiger partial charge is 0.258 e. The van der Waals surface area contributed by atoms with Gasteiger partial charge >= 0.3 is 0 Å². The van der Waals surface area contributed by atoms with Crippen molar-refractivity contribution in [2.24, 2.45) is 0 Å². The zero-order valence-corrected chi connectivity index (χ0v) is 12.9. The second kappa shape index (κ2) is 5.28. The first-order chi connectivity index (χ1) is 11.3. The number of aromatic nitrogens is 3. The highest BCUT2D eigenvalue weighted by atomic mass is 16.5. The standard InChI is InChI=1S/C18H15N3O2/c1-22-16-10-6-3-7-12(16)14-11-21-15-9-5-4-8-13(15)20-18(23-2)17(21)19-14/h3-11H,1-2H3. The molecule has 114 valence electrons. The average molecular weight is 305 g/mol. The predicted octanol–water partition coefficient (Wildman–Crippen LogP) is 3.57. The maximum absolute atomic E-state index is 5.44. The van der Waals surface area contributed by atoms with Crippen LogP contribution in [0.25, 0.3) is 27.9 Å². The van der Waals surface area contributed by atoms with Gasteiger partial charge in [0.1, 0.15) is 5.75 Å². The number of fused-ring (bicyclic) bond motifs is 3. The zero-order valence-electron chi connectivity index (χ0n) is 12.9. The fourth-order valence-electron chi connectivity index (χ4n) is 2.76. The van der Waals surface area contributed by atoms with Gasteiger partial charge in [-0.1, -0.05) is 24.3 Å². The highest BCUT2D eigenvalue weighted by molar-refractivity contribution is 5.81. The van der Waals surface area contributed by atoms with E-state index in [0.29, 0.717) is 11.5 Å². The molecule has 0 saturated heterocycles. The van der Waals surface area contributed by atoms with E-state index < -0.39 is 0 Å². The fourth-order valence-corrected chi connectivity index (χ4v) is 2.76. The lowest BCUT2D eigenvalue weighted by Crippen LogP contribution is -1.96. The van der Waals surface area contributed by atoms with Crippen LogP contribution in [0.15, 0.2) is 54.7 Å². The quantitative estimate of drug-likeness (QED) is 0.580. The molecule has 0 N–H and O–H groups in total. The fraction of sp³-hybridized carbons (Fsp3) is 0.111. The third-order valence-corrected chi connectivity index (χ3v) is 3.84. The predicted molar refractivity (Wildman–Crippen MR) is 89.0 cm³/mol. The van der Waals surface area contributed by atoms with E-state index in [1.807, 2.05) is 59.1 Å². The molecule has 2 heterocycles. The first kappa shape index (κ1) is 13.6. The minimum absolute atomic E-state index is 0.504. The van der Waals surface area contributed by atoms with Crippen molar-refractivity contribution in [3.8, 4) is 22.9 Å². The molecular formula is C18H15N3O2. The van der Waals surface area contributed by atoms with Gasteiger partial charge in [0.2, 0.25) is 5.65 Å². The van der Waals surface area contributed by atoms with Gasteiger partial charge in [-0.15, -0.1) is 0 Å². The Balaban J connectivity index is 2.06. The number of ether oxygens (including phenoxy) is 2. The van der Waals surface area contributed by atoms with Crippen molar-refractivity contribution in [2.75, 3.05) is 14.2 Å². The van der Waals surface area contributed by atoms with Crippen LogP contribution >= 0.6 is 0 Å². The minimum atomic E-state index is 0.504. The summed E-state index contributed by atoms with van der Waals surface area (Å²) in [6.45, 7) is 0. The maximum atomic E-state index is 5.44. The molecule has 0 fully saturated rings. The normalized spacial score (nSPS) is 11.0. The molecule has 0 amide bonds. The van der Waals surface area contributed by atoms with Gasteiger partial charge in [0, 0.05) is 11.8 Å². The van der Waals surface area contributed by atoms with Crippen molar-refractivity contribution in [1.82, 2.24) is 14.4 Å². The molecule has 0 saturated carbocycles. The third-order valence-electron chi connectivity index (χ3n) is 3.84. The van der Waals surface area contributed by atoms with E-state index >= 15 is 0 Å². The molecule has 5 nitrogen and oxygen atoms in total. The second-order valence-corrected chi connectivity index (χ2v) is 5.13. The van der Waals surface area contributed by atoms with Crippen LogP contribution in [0.1, 0.15) is 0 Å². The van der Waals surface area contributed by atoms with Crippen molar-refractivity contribution in [3.63, 3.8) is 0 Å². The van der Waals surface area contributed by atoms with Gasteiger partial charge < -0.3 is 9.47 Å². The van der Waals surface area contributed by atoms with Crippen LogP contribution in [-0.2, 0) is 0 Å². The van der Waals surface area contributed by atoms with E-state index in [4.69, 9.17) is 14.5 Å². The summed E-state index contributed by atoms with van der Waals surface area (Å²) in [6, 6.07) is 15.7. The van der Waals surface area contributed by atoms with Crippen LogP contribution in [-0.4, -0.2) is 28.6 Å². The summed E-state index contributed by atoms with van der Waals surface area (Å²) >= 11 is 0. The van der Waals surface area contributed by atoms with Gasteiger partial charge in [0.15, 0.2) is 0 Å². The van der Waals surface area contributed by atoms with Crippen molar-refractivity contribution in [2.45, 2.75) is 0 Å². The monoisotopic (exact) mass is 305 g/mol. The molecule has 0 bridgehead atoms. The third kappa shape index (κ3) is 2.09. The molecule has 0 radical (unpaired) electrons. The second-order valence-electron chi connectivity index (χ2n) is 5.13. The number of hydrogen-bond acceptors (Lipinski definition) is 4. The molecule has 5 heteroatoms. The van der Waals surface area contributed by atoms with Crippen molar-refractivity contribution >= 4 is 16.7 Å². The molecule has 23 heavy (non-hydrogen) atoms. The van der Waals surface area contributed by atoms with Crippen molar-refractivity contribution in [3.05, 3.63) is 54.7 Å². The zero-order chi connectivity index (χ0) is 15.8. The van der Waals surface area contributed by atoms with Crippen molar-refractivity contribution < 1.29 is 9.47 Å². The number of rotatable bonds is 3. The highest BCUT2D eigenvalue weighted by Crippen LogP contribution is 2.31. The van der Waals surface area contributed by atoms with Crippen LogP contribution in [0.5, 0.6) is 11.6 Å². The Morgan fingerprint density at radius 3 is 2.48 bits per heavy atom. The Bertz CT molecular complexity index is 1010. The topological polar surface area (TPSA) is 48.7 Å². The average Bonchev–Trinajstić information content (AvgIpc) is 3.06. The summed E-state index contributed by atoms with van der Waals surface area (Å²) in [5.41, 5.74) is 4.29. The van der Waals surface area contributed by atoms with Gasteiger partial charge in [0.05, 0.1) is 30.9 Å². The Morgan fingerprint density at radius 1 is 0.870 bits per heavy atom. The Labute approximate surface area is 133 Å². The van der Waals surface area contributed by atoms with Crippen molar-refractivity contribution in [1.29, 1.82) is 0 Å². The van der Waals surface area contributed by atoms with E-state index in [1.165, 1.54) is 0 Å². The number of imidazole rings is 1. The summed E-state index contributed by atoms with van der Waals surface area (Å²) in [5, 5.41) is 0. The SMILES string of the molecule is COc1ccccc1-c1cn2c(n1)c(OC)nc1ccccc12. The lowest BCUT2D eigenvalue weighted by Gasteiger charge is -2.04. The van der Waals surface area contributed by atoms with E-state index in [-0.39, 0.29) is 0 Å². The summed E-state index contributed by atoms with van der Waals surface area (Å²) in [6.07, 6.45) is 1.99. The summed E-state index contributed by atoms with van der Waals surface area (Å²) in [7, 11) is 3.26. The molecule has 4 aromatic rings. The van der Waals surface area contributed by atoms with Crippen LogP contribution in [0.2, 0.25) is 0 Å². The van der Waals surface area contributed by atoms with E-state index in [9.17, 15) is 0 Å². The van der Waals surface area contributed by atoms with E-state index in [2.05, 4.69) is 4.98 Å². The molecule has 0 atom stereocenters. The number of para-hydroxylation sites is 3. The van der Waals surface area contributed by atoms with Gasteiger partial charge in [-0.25, -0.2) is 9.97 Å². The van der Waals surface area contributed by atoms with E-state index in [1.54, 1.807) is 14.2 Å². The van der Waals surface area contributed by atoms with Crippen LogP contribution < -0.4 is 9.47 Å². The Kier molecular flexibility index (Phi) is 3.12. The summed E-state index contributed by atoms with van der Waals surface area (Å²) < 4.78 is 12.9. The molecule has 0 aliphatic heterocycles. The largest absolute Gasteiger partial charge is 0.496 e. The van der Waals surface area contributed by atoms with Crippen LogP contribution in [0.3, 0.4) is 0 Å². The number of methoxy groups -OCH3 is 2. The van der Waals surface area contributed by atoms with E-state index in [0.717, 1.165) is 28.0 Å². The summed E-state index contributed by atoms with van der Waals surface area (Å²) in [5.74, 6) is 1.29. The number of nitrogens with zero attached hydrogens (tertiary/aromatic N) is 3. The molecule has 2 aromatic heterocycles. The molecular weight excluding hydrogens is 290 g/mol. The lowest BCUT2D eigenvalue weighted by molar-refractivity contribution is 0.402. The first-order valence-electron chi connectivity index (χ1n) is 7.27. The van der Waals surface area contributed by atoms with Crippen LogP contribution in [0, 0.1) is 0 Å². The lowest BCUT2D eigenvalue weighted by atomic mass is 10.1. The molecule has 0 unspecified atom stereocenters. The summed E-state index contributed by atoms with van der Waals surface area (Å²) in [4.78, 5) is 9.24. The minimum Gasteiger partial charge on any atom is -0.496 e. The van der Waals surface area contributed by atoms with Gasteiger partial charge in [-0.3, -0.25) is 4.40 Å². The number of hydrogen-bond donors (Lipinski definition) is 0. The molecule has 2 aromatic carbocycles. The highest BCUT2D eigenvalue weighted by Gasteiger charge is 2.15. The maximum Gasteiger partial charge on any atom is 0.258 e. The van der Waals surface area contributed by atoms with Gasteiger partial charge in [0.25, 0.3) is 5.88 Å². The molecule has 0 aliphatic carbocycles.